The number of hydrogen-bond donors (Lipinski definition) is 1. The van der Waals surface area contributed by atoms with E-state index in [4.69, 9.17) is 5.73 Å². The van der Waals surface area contributed by atoms with Gasteiger partial charge in [0, 0.05) is 25.8 Å². The molecule has 0 aromatic heterocycles. The van der Waals surface area contributed by atoms with Crippen molar-refractivity contribution in [1.29, 1.82) is 0 Å². The molecule has 2 nitrogen and oxygen atoms in total. The summed E-state index contributed by atoms with van der Waals surface area (Å²) in [5.41, 5.74) is 9.15. The molecule has 0 amide bonds. The second-order valence-corrected chi connectivity index (χ2v) is 3.83. The Balaban J connectivity index is 2.65. The van der Waals surface area contributed by atoms with E-state index >= 15 is 0 Å². The van der Waals surface area contributed by atoms with Gasteiger partial charge < -0.3 is 10.6 Å². The van der Waals surface area contributed by atoms with Crippen LogP contribution in [0.25, 0.3) is 0 Å². The van der Waals surface area contributed by atoms with Gasteiger partial charge in [0.2, 0.25) is 0 Å². The Labute approximate surface area is 92.4 Å². The molecule has 0 bridgehead atoms. The minimum Gasteiger partial charge on any atom is -0.371 e. The Morgan fingerprint density at radius 3 is 2.40 bits per heavy atom. The number of aryl methyl sites for hydroxylation is 1. The van der Waals surface area contributed by atoms with Gasteiger partial charge in [-0.05, 0) is 29.7 Å². The molecule has 0 saturated heterocycles. The molecule has 1 rings (SSSR count). The number of nitrogens with two attached hydrogens (primary N) is 1. The molecular weight excluding hydrogens is 184 g/mol. The molecule has 0 aliphatic heterocycles. The van der Waals surface area contributed by atoms with Crippen molar-refractivity contribution in [3.63, 3.8) is 0 Å². The van der Waals surface area contributed by atoms with Gasteiger partial charge in [0.1, 0.15) is 0 Å². The summed E-state index contributed by atoms with van der Waals surface area (Å²) in [6, 6.07) is 8.61. The van der Waals surface area contributed by atoms with Crippen LogP contribution in [0.15, 0.2) is 36.4 Å². The lowest BCUT2D eigenvalue weighted by molar-refractivity contribution is 0.948. The summed E-state index contributed by atoms with van der Waals surface area (Å²) < 4.78 is 0. The van der Waals surface area contributed by atoms with E-state index in [-0.39, 0.29) is 0 Å². The lowest BCUT2D eigenvalue weighted by atomic mass is 10.1. The first-order chi connectivity index (χ1) is 7.17. The average Bonchev–Trinajstić information content (AvgIpc) is 2.29. The quantitative estimate of drug-likeness (QED) is 0.745. The van der Waals surface area contributed by atoms with Crippen molar-refractivity contribution >= 4 is 5.69 Å². The largest absolute Gasteiger partial charge is 0.371 e. The normalized spacial score (nSPS) is 10.1. The number of hydrogen-bond acceptors (Lipinski definition) is 2. The molecule has 0 fully saturated rings. The first-order valence-electron chi connectivity index (χ1n) is 5.34. The highest BCUT2D eigenvalue weighted by Crippen LogP contribution is 2.14. The highest BCUT2D eigenvalue weighted by molar-refractivity contribution is 5.47. The molecule has 2 heteroatoms. The van der Waals surface area contributed by atoms with E-state index in [9.17, 15) is 0 Å². The summed E-state index contributed by atoms with van der Waals surface area (Å²) in [6.07, 6.45) is 1.08. The first kappa shape index (κ1) is 11.8. The number of anilines is 1. The van der Waals surface area contributed by atoms with Gasteiger partial charge in [0.25, 0.3) is 0 Å². The summed E-state index contributed by atoms with van der Waals surface area (Å²) in [4.78, 5) is 2.16. The van der Waals surface area contributed by atoms with Crippen LogP contribution in [0.1, 0.15) is 12.5 Å². The van der Waals surface area contributed by atoms with Crippen LogP contribution in [0.2, 0.25) is 0 Å². The number of nitrogens with zero attached hydrogens (tertiary/aromatic N) is 1. The average molecular weight is 204 g/mol. The third-order valence-corrected chi connectivity index (χ3v) is 2.53. The molecule has 0 heterocycles. The van der Waals surface area contributed by atoms with Crippen molar-refractivity contribution in [3.8, 4) is 0 Å². The standard InChI is InChI=1S/C13H20N2/c1-4-12-5-7-13(8-6-12)15(3)10-11(2)9-14/h5-8H,2,4,9-10,14H2,1,3H3. The van der Waals surface area contributed by atoms with E-state index in [1.807, 2.05) is 0 Å². The molecule has 2 N–H and O–H groups in total. The summed E-state index contributed by atoms with van der Waals surface area (Å²) >= 11 is 0. The fourth-order valence-corrected chi connectivity index (χ4v) is 1.48. The number of rotatable bonds is 5. The Morgan fingerprint density at radius 1 is 1.33 bits per heavy atom. The van der Waals surface area contributed by atoms with E-state index < -0.39 is 0 Å². The molecule has 0 spiro atoms. The van der Waals surface area contributed by atoms with Gasteiger partial charge in [-0.3, -0.25) is 0 Å². The Kier molecular flexibility index (Phi) is 4.37. The van der Waals surface area contributed by atoms with Gasteiger partial charge in [0.15, 0.2) is 0 Å². The second kappa shape index (κ2) is 5.56. The molecule has 0 radical (unpaired) electrons. The smallest absolute Gasteiger partial charge is 0.0395 e. The zero-order valence-electron chi connectivity index (χ0n) is 9.66. The maximum absolute atomic E-state index is 5.52. The van der Waals surface area contributed by atoms with Crippen LogP contribution in [0, 0.1) is 0 Å². The van der Waals surface area contributed by atoms with Crippen molar-refractivity contribution in [2.24, 2.45) is 5.73 Å². The summed E-state index contributed by atoms with van der Waals surface area (Å²) in [5, 5.41) is 0. The minimum absolute atomic E-state index is 0.553. The third-order valence-electron chi connectivity index (χ3n) is 2.53. The molecule has 1 aromatic carbocycles. The van der Waals surface area contributed by atoms with Crippen molar-refractivity contribution in [1.82, 2.24) is 0 Å². The van der Waals surface area contributed by atoms with E-state index in [1.54, 1.807) is 0 Å². The van der Waals surface area contributed by atoms with Crippen molar-refractivity contribution in [2.45, 2.75) is 13.3 Å². The van der Waals surface area contributed by atoms with E-state index in [1.165, 1.54) is 11.3 Å². The highest BCUT2D eigenvalue weighted by Gasteiger charge is 2.01. The van der Waals surface area contributed by atoms with Gasteiger partial charge >= 0.3 is 0 Å². The zero-order valence-corrected chi connectivity index (χ0v) is 9.66. The van der Waals surface area contributed by atoms with Gasteiger partial charge in [-0.2, -0.15) is 0 Å². The van der Waals surface area contributed by atoms with Gasteiger partial charge in [0.05, 0.1) is 0 Å². The summed E-state index contributed by atoms with van der Waals surface area (Å²) in [5.74, 6) is 0. The fourth-order valence-electron chi connectivity index (χ4n) is 1.48. The van der Waals surface area contributed by atoms with Crippen LogP contribution in [-0.4, -0.2) is 20.1 Å². The highest BCUT2D eigenvalue weighted by atomic mass is 15.1. The zero-order chi connectivity index (χ0) is 11.3. The van der Waals surface area contributed by atoms with Crippen molar-refractivity contribution in [2.75, 3.05) is 25.0 Å². The number of benzene rings is 1. The molecule has 15 heavy (non-hydrogen) atoms. The lowest BCUT2D eigenvalue weighted by Crippen LogP contribution is -2.22. The van der Waals surface area contributed by atoms with Crippen molar-refractivity contribution < 1.29 is 0 Å². The third kappa shape index (κ3) is 3.40. The molecular formula is C13H20N2. The maximum Gasteiger partial charge on any atom is 0.0395 e. The van der Waals surface area contributed by atoms with Gasteiger partial charge in [-0.15, -0.1) is 0 Å². The predicted molar refractivity (Wildman–Crippen MR) is 67.3 cm³/mol. The topological polar surface area (TPSA) is 29.3 Å². The molecule has 0 atom stereocenters. The predicted octanol–water partition coefficient (Wildman–Crippen LogP) is 2.20. The van der Waals surface area contributed by atoms with Crippen LogP contribution < -0.4 is 10.6 Å². The Bertz CT molecular complexity index is 314. The first-order valence-corrected chi connectivity index (χ1v) is 5.34. The lowest BCUT2D eigenvalue weighted by Gasteiger charge is -2.20. The van der Waals surface area contributed by atoms with E-state index in [0.717, 1.165) is 18.5 Å². The minimum atomic E-state index is 0.553. The molecule has 82 valence electrons. The van der Waals surface area contributed by atoms with E-state index in [2.05, 4.69) is 49.7 Å². The molecule has 1 aromatic rings. The molecule has 0 saturated carbocycles. The summed E-state index contributed by atoms with van der Waals surface area (Å²) in [7, 11) is 2.06. The van der Waals surface area contributed by atoms with Gasteiger partial charge in [-0.1, -0.05) is 25.6 Å². The van der Waals surface area contributed by atoms with Crippen LogP contribution >= 0.6 is 0 Å². The maximum atomic E-state index is 5.52. The Hall–Kier alpha value is -1.28. The van der Waals surface area contributed by atoms with Crippen LogP contribution in [0.4, 0.5) is 5.69 Å². The molecule has 0 aliphatic carbocycles. The van der Waals surface area contributed by atoms with Gasteiger partial charge in [-0.25, -0.2) is 0 Å². The summed E-state index contributed by atoms with van der Waals surface area (Å²) in [6.45, 7) is 7.44. The van der Waals surface area contributed by atoms with Crippen molar-refractivity contribution in [3.05, 3.63) is 42.0 Å². The molecule has 0 unspecified atom stereocenters. The van der Waals surface area contributed by atoms with Crippen LogP contribution in [0.5, 0.6) is 0 Å². The van der Waals surface area contributed by atoms with Crippen LogP contribution in [0.3, 0.4) is 0 Å². The SMILES string of the molecule is C=C(CN)CN(C)c1ccc(CC)cc1. The molecule has 0 aliphatic rings. The second-order valence-electron chi connectivity index (χ2n) is 3.83. The monoisotopic (exact) mass is 204 g/mol. The van der Waals surface area contributed by atoms with E-state index in [0.29, 0.717) is 6.54 Å². The van der Waals surface area contributed by atoms with Crippen LogP contribution in [-0.2, 0) is 6.42 Å². The Morgan fingerprint density at radius 2 is 1.93 bits per heavy atom. The number of likely N-dealkylation sites (N-methyl/N-ethyl adjacent to an activating group) is 1. The fraction of sp³-hybridized carbons (Fsp3) is 0.385.